The molecule has 0 aromatic heterocycles. The second-order valence-corrected chi connectivity index (χ2v) is 3.33. The number of hydrogen-bond donors (Lipinski definition) is 3. The van der Waals surface area contributed by atoms with E-state index in [-0.39, 0.29) is 18.2 Å². The molecule has 0 aliphatic rings. The van der Waals surface area contributed by atoms with Crippen molar-refractivity contribution in [2.24, 2.45) is 5.73 Å². The van der Waals surface area contributed by atoms with E-state index in [1.807, 2.05) is 13.0 Å². The van der Waals surface area contributed by atoms with Gasteiger partial charge in [0.05, 0.1) is 12.1 Å². The Kier molecular flexibility index (Phi) is 4.91. The number of rotatable bonds is 2. The Balaban J connectivity index is 0.00000169. The molecule has 14 heavy (non-hydrogen) atoms. The molecular formula is C10H16ClNO2. The molecule has 0 heterocycles. The minimum absolute atomic E-state index is 0. The highest BCUT2D eigenvalue weighted by Gasteiger charge is 2.15. The number of benzene rings is 1. The molecule has 1 rings (SSSR count). The number of halogens is 1. The van der Waals surface area contributed by atoms with E-state index in [4.69, 9.17) is 5.73 Å². The normalized spacial score (nSPS) is 14.3. The Hall–Kier alpha value is -0.770. The quantitative estimate of drug-likeness (QED) is 0.704. The van der Waals surface area contributed by atoms with Gasteiger partial charge in [-0.15, -0.1) is 12.4 Å². The van der Waals surface area contributed by atoms with Crippen LogP contribution in [-0.2, 0) is 0 Å². The Morgan fingerprint density at radius 2 is 1.93 bits per heavy atom. The van der Waals surface area contributed by atoms with Gasteiger partial charge in [-0.05, 0) is 25.5 Å². The fourth-order valence-electron chi connectivity index (χ4n) is 1.20. The van der Waals surface area contributed by atoms with Gasteiger partial charge < -0.3 is 15.9 Å². The van der Waals surface area contributed by atoms with E-state index in [1.54, 1.807) is 19.1 Å². The summed E-state index contributed by atoms with van der Waals surface area (Å²) in [6.45, 7) is 3.49. The van der Waals surface area contributed by atoms with Crippen LogP contribution in [0.3, 0.4) is 0 Å². The Bertz CT molecular complexity index is 302. The number of aliphatic hydroxyl groups excluding tert-OH is 1. The third-order valence-corrected chi connectivity index (χ3v) is 2.06. The first-order valence-corrected chi connectivity index (χ1v) is 4.25. The zero-order valence-corrected chi connectivity index (χ0v) is 9.08. The summed E-state index contributed by atoms with van der Waals surface area (Å²) in [5.41, 5.74) is 7.23. The van der Waals surface area contributed by atoms with Crippen molar-refractivity contribution < 1.29 is 10.2 Å². The van der Waals surface area contributed by atoms with Crippen LogP contribution < -0.4 is 5.73 Å². The molecule has 4 N–H and O–H groups in total. The maximum absolute atomic E-state index is 9.52. The Morgan fingerprint density at radius 1 is 1.36 bits per heavy atom. The Labute approximate surface area is 90.0 Å². The first-order chi connectivity index (χ1) is 6.02. The van der Waals surface area contributed by atoms with Gasteiger partial charge >= 0.3 is 0 Å². The standard InChI is InChI=1S/C10H15NO2.ClH/c1-6-3-4-8(9(13)5-6)10(11)7(2)12;/h3-5,7,10,12-13H,11H2,1-2H3;1H/t7-,10-;/m0./s1. The van der Waals surface area contributed by atoms with E-state index >= 15 is 0 Å². The van der Waals surface area contributed by atoms with Crippen LogP contribution in [0.1, 0.15) is 24.1 Å². The highest BCUT2D eigenvalue weighted by molar-refractivity contribution is 5.85. The third-order valence-electron chi connectivity index (χ3n) is 2.06. The van der Waals surface area contributed by atoms with Crippen LogP contribution in [0.5, 0.6) is 5.75 Å². The number of aliphatic hydroxyl groups is 1. The van der Waals surface area contributed by atoms with Crippen LogP contribution in [0.2, 0.25) is 0 Å². The molecule has 0 saturated heterocycles. The average molecular weight is 218 g/mol. The number of aryl methyl sites for hydroxylation is 1. The van der Waals surface area contributed by atoms with E-state index in [0.717, 1.165) is 5.56 Å². The van der Waals surface area contributed by atoms with Gasteiger partial charge in [0, 0.05) is 5.56 Å². The number of aromatic hydroxyl groups is 1. The SMILES string of the molecule is Cc1ccc([C@@H](N)[C@H](C)O)c(O)c1.Cl. The molecule has 0 saturated carbocycles. The molecule has 0 aliphatic carbocycles. The molecule has 1 aromatic rings. The predicted molar refractivity (Wildman–Crippen MR) is 58.7 cm³/mol. The van der Waals surface area contributed by atoms with Crippen molar-refractivity contribution in [2.75, 3.05) is 0 Å². The van der Waals surface area contributed by atoms with Crippen molar-refractivity contribution in [3.63, 3.8) is 0 Å². The molecule has 0 unspecified atom stereocenters. The van der Waals surface area contributed by atoms with Gasteiger partial charge in [0.2, 0.25) is 0 Å². The number of hydrogen-bond acceptors (Lipinski definition) is 3. The van der Waals surface area contributed by atoms with E-state index in [0.29, 0.717) is 5.56 Å². The number of phenolic OH excluding ortho intramolecular Hbond substituents is 1. The summed E-state index contributed by atoms with van der Waals surface area (Å²) in [6, 6.07) is 4.71. The van der Waals surface area contributed by atoms with E-state index < -0.39 is 12.1 Å². The molecule has 0 amide bonds. The number of phenols is 1. The summed E-state index contributed by atoms with van der Waals surface area (Å²) in [7, 11) is 0. The van der Waals surface area contributed by atoms with Gasteiger partial charge in [-0.25, -0.2) is 0 Å². The second kappa shape index (κ2) is 5.20. The van der Waals surface area contributed by atoms with Crippen molar-refractivity contribution in [3.8, 4) is 5.75 Å². The van der Waals surface area contributed by atoms with Crippen LogP contribution >= 0.6 is 12.4 Å². The van der Waals surface area contributed by atoms with Crippen molar-refractivity contribution >= 4 is 12.4 Å². The molecular weight excluding hydrogens is 202 g/mol. The summed E-state index contributed by atoms with van der Waals surface area (Å²) in [6.07, 6.45) is -0.659. The van der Waals surface area contributed by atoms with Crippen molar-refractivity contribution in [1.29, 1.82) is 0 Å². The fraction of sp³-hybridized carbons (Fsp3) is 0.400. The molecule has 2 atom stereocenters. The topological polar surface area (TPSA) is 66.5 Å². The first kappa shape index (κ1) is 13.2. The first-order valence-electron chi connectivity index (χ1n) is 4.25. The zero-order chi connectivity index (χ0) is 10.0. The van der Waals surface area contributed by atoms with Gasteiger partial charge in [-0.1, -0.05) is 12.1 Å². The van der Waals surface area contributed by atoms with Crippen molar-refractivity contribution in [3.05, 3.63) is 29.3 Å². The van der Waals surface area contributed by atoms with Crippen LogP contribution in [0.15, 0.2) is 18.2 Å². The lowest BCUT2D eigenvalue weighted by atomic mass is 10.0. The lowest BCUT2D eigenvalue weighted by Gasteiger charge is -2.16. The highest BCUT2D eigenvalue weighted by Crippen LogP contribution is 2.25. The molecule has 3 nitrogen and oxygen atoms in total. The molecule has 0 spiro atoms. The second-order valence-electron chi connectivity index (χ2n) is 3.33. The molecule has 80 valence electrons. The molecule has 0 bridgehead atoms. The van der Waals surface area contributed by atoms with E-state index in [9.17, 15) is 10.2 Å². The summed E-state index contributed by atoms with van der Waals surface area (Å²) in [4.78, 5) is 0. The lowest BCUT2D eigenvalue weighted by molar-refractivity contribution is 0.163. The lowest BCUT2D eigenvalue weighted by Crippen LogP contribution is -2.23. The fourth-order valence-corrected chi connectivity index (χ4v) is 1.20. The van der Waals surface area contributed by atoms with Gasteiger partial charge in [-0.2, -0.15) is 0 Å². The van der Waals surface area contributed by atoms with Crippen molar-refractivity contribution in [1.82, 2.24) is 0 Å². The molecule has 0 fully saturated rings. The molecule has 0 aliphatic heterocycles. The van der Waals surface area contributed by atoms with Crippen LogP contribution in [0, 0.1) is 6.92 Å². The number of nitrogens with two attached hydrogens (primary N) is 1. The van der Waals surface area contributed by atoms with Crippen molar-refractivity contribution in [2.45, 2.75) is 26.0 Å². The maximum Gasteiger partial charge on any atom is 0.120 e. The molecule has 4 heteroatoms. The minimum Gasteiger partial charge on any atom is -0.508 e. The van der Waals surface area contributed by atoms with Gasteiger partial charge in [0.1, 0.15) is 5.75 Å². The van der Waals surface area contributed by atoms with E-state index in [2.05, 4.69) is 0 Å². The molecule has 1 aromatic carbocycles. The summed E-state index contributed by atoms with van der Waals surface area (Å²) >= 11 is 0. The smallest absolute Gasteiger partial charge is 0.120 e. The molecule has 0 radical (unpaired) electrons. The predicted octanol–water partition coefficient (Wildman–Crippen LogP) is 1.50. The van der Waals surface area contributed by atoms with Gasteiger partial charge in [0.15, 0.2) is 0 Å². The van der Waals surface area contributed by atoms with Gasteiger partial charge in [0.25, 0.3) is 0 Å². The third kappa shape index (κ3) is 2.87. The van der Waals surface area contributed by atoms with Crippen LogP contribution in [0.4, 0.5) is 0 Å². The Morgan fingerprint density at radius 3 is 2.36 bits per heavy atom. The van der Waals surface area contributed by atoms with Gasteiger partial charge in [-0.3, -0.25) is 0 Å². The zero-order valence-electron chi connectivity index (χ0n) is 8.27. The monoisotopic (exact) mass is 217 g/mol. The average Bonchev–Trinajstić information content (AvgIpc) is 2.03. The largest absolute Gasteiger partial charge is 0.508 e. The summed E-state index contributed by atoms with van der Waals surface area (Å²) < 4.78 is 0. The van der Waals surface area contributed by atoms with Crippen LogP contribution in [0.25, 0.3) is 0 Å². The summed E-state index contributed by atoms with van der Waals surface area (Å²) in [5.74, 6) is 0.147. The van der Waals surface area contributed by atoms with E-state index in [1.165, 1.54) is 0 Å². The highest BCUT2D eigenvalue weighted by atomic mass is 35.5. The maximum atomic E-state index is 9.52. The summed E-state index contributed by atoms with van der Waals surface area (Å²) in [5, 5.41) is 18.8. The minimum atomic E-state index is -0.659. The van der Waals surface area contributed by atoms with Crippen LogP contribution in [-0.4, -0.2) is 16.3 Å².